The van der Waals surface area contributed by atoms with Crippen LogP contribution in [0.5, 0.6) is 5.75 Å². The third-order valence-corrected chi connectivity index (χ3v) is 4.56. The number of ether oxygens (including phenoxy) is 1. The zero-order valence-corrected chi connectivity index (χ0v) is 15.2. The van der Waals surface area contributed by atoms with Gasteiger partial charge in [-0.1, -0.05) is 58.4 Å². The van der Waals surface area contributed by atoms with E-state index in [-0.39, 0.29) is 0 Å². The fourth-order valence-electron chi connectivity index (χ4n) is 2.92. The Morgan fingerprint density at radius 2 is 1.68 bits per heavy atom. The van der Waals surface area contributed by atoms with E-state index in [1.165, 1.54) is 0 Å². The Morgan fingerprint density at radius 3 is 2.52 bits per heavy atom. The third-order valence-electron chi connectivity index (χ3n) is 4.06. The van der Waals surface area contributed by atoms with Crippen LogP contribution in [0.4, 0.5) is 0 Å². The summed E-state index contributed by atoms with van der Waals surface area (Å²) >= 11 is 3.55. The first-order chi connectivity index (χ1) is 12.3. The molecule has 0 aliphatic heterocycles. The summed E-state index contributed by atoms with van der Waals surface area (Å²) in [6.07, 6.45) is 0. The van der Waals surface area contributed by atoms with Crippen LogP contribution in [-0.2, 0) is 6.54 Å². The van der Waals surface area contributed by atoms with E-state index < -0.39 is 0 Å². The standard InChI is InChI=1S/C21H17BrN2O/c22-17-8-6-7-16(15-17)21-23-19-11-4-5-12-20(19)24(21)13-14-25-18-9-2-1-3-10-18/h1-12,15H,13-14H2. The Hall–Kier alpha value is -2.59. The van der Waals surface area contributed by atoms with Crippen LogP contribution in [0.1, 0.15) is 0 Å². The molecule has 1 aromatic heterocycles. The summed E-state index contributed by atoms with van der Waals surface area (Å²) < 4.78 is 9.15. The number of rotatable bonds is 5. The Morgan fingerprint density at radius 1 is 0.880 bits per heavy atom. The van der Waals surface area contributed by atoms with Crippen molar-refractivity contribution in [3.63, 3.8) is 0 Å². The quantitative estimate of drug-likeness (QED) is 0.445. The van der Waals surface area contributed by atoms with Crippen molar-refractivity contribution in [2.45, 2.75) is 6.54 Å². The molecule has 3 nitrogen and oxygen atoms in total. The molecular weight excluding hydrogens is 376 g/mol. The highest BCUT2D eigenvalue weighted by Crippen LogP contribution is 2.26. The van der Waals surface area contributed by atoms with Gasteiger partial charge in [-0.05, 0) is 36.4 Å². The van der Waals surface area contributed by atoms with Crippen molar-refractivity contribution in [3.8, 4) is 17.1 Å². The molecule has 0 bridgehead atoms. The minimum atomic E-state index is 0.589. The molecule has 3 aromatic carbocycles. The third kappa shape index (κ3) is 3.44. The average Bonchev–Trinajstić information content (AvgIpc) is 3.02. The topological polar surface area (TPSA) is 27.1 Å². The van der Waals surface area contributed by atoms with E-state index in [0.717, 1.165) is 39.2 Å². The summed E-state index contributed by atoms with van der Waals surface area (Å²) in [4.78, 5) is 4.84. The minimum absolute atomic E-state index is 0.589. The molecule has 0 amide bonds. The van der Waals surface area contributed by atoms with Crippen LogP contribution in [0, 0.1) is 0 Å². The molecule has 0 atom stereocenters. The number of hydrogen-bond acceptors (Lipinski definition) is 2. The lowest BCUT2D eigenvalue weighted by Gasteiger charge is -2.11. The lowest BCUT2D eigenvalue weighted by Crippen LogP contribution is -2.09. The lowest BCUT2D eigenvalue weighted by atomic mass is 10.2. The van der Waals surface area contributed by atoms with E-state index >= 15 is 0 Å². The van der Waals surface area contributed by atoms with Gasteiger partial charge in [0.15, 0.2) is 0 Å². The number of nitrogens with zero attached hydrogens (tertiary/aromatic N) is 2. The first-order valence-corrected chi connectivity index (χ1v) is 8.99. The van der Waals surface area contributed by atoms with Crippen LogP contribution in [0.2, 0.25) is 0 Å². The van der Waals surface area contributed by atoms with Crippen molar-refractivity contribution in [2.75, 3.05) is 6.61 Å². The van der Waals surface area contributed by atoms with E-state index in [9.17, 15) is 0 Å². The molecule has 0 aliphatic rings. The molecule has 0 spiro atoms. The zero-order valence-electron chi connectivity index (χ0n) is 13.6. The van der Waals surface area contributed by atoms with Crippen molar-refractivity contribution >= 4 is 27.0 Å². The van der Waals surface area contributed by atoms with Gasteiger partial charge in [0.25, 0.3) is 0 Å². The molecule has 0 saturated carbocycles. The first-order valence-electron chi connectivity index (χ1n) is 8.20. The lowest BCUT2D eigenvalue weighted by molar-refractivity contribution is 0.301. The number of aromatic nitrogens is 2. The van der Waals surface area contributed by atoms with Crippen molar-refractivity contribution in [1.29, 1.82) is 0 Å². The van der Waals surface area contributed by atoms with Gasteiger partial charge >= 0.3 is 0 Å². The van der Waals surface area contributed by atoms with Crippen molar-refractivity contribution in [1.82, 2.24) is 9.55 Å². The van der Waals surface area contributed by atoms with Gasteiger partial charge in [-0.3, -0.25) is 0 Å². The summed E-state index contributed by atoms with van der Waals surface area (Å²) in [7, 11) is 0. The molecule has 124 valence electrons. The first kappa shape index (κ1) is 15.9. The Balaban J connectivity index is 1.67. The molecule has 4 heteroatoms. The zero-order chi connectivity index (χ0) is 17.1. The van der Waals surface area contributed by atoms with Crippen LogP contribution >= 0.6 is 15.9 Å². The van der Waals surface area contributed by atoms with E-state index in [1.807, 2.05) is 60.7 Å². The highest BCUT2D eigenvalue weighted by molar-refractivity contribution is 9.10. The monoisotopic (exact) mass is 392 g/mol. The predicted molar refractivity (Wildman–Crippen MR) is 105 cm³/mol. The molecule has 4 aromatic rings. The van der Waals surface area contributed by atoms with Crippen LogP contribution in [0.15, 0.2) is 83.3 Å². The van der Waals surface area contributed by atoms with E-state index in [0.29, 0.717) is 6.61 Å². The van der Waals surface area contributed by atoms with E-state index in [1.54, 1.807) is 0 Å². The molecule has 0 radical (unpaired) electrons. The molecule has 0 saturated heterocycles. The molecule has 1 heterocycles. The molecular formula is C21H17BrN2O. The van der Waals surface area contributed by atoms with Gasteiger partial charge in [0.2, 0.25) is 0 Å². The van der Waals surface area contributed by atoms with Gasteiger partial charge in [-0.25, -0.2) is 4.98 Å². The largest absolute Gasteiger partial charge is 0.492 e. The van der Waals surface area contributed by atoms with Gasteiger partial charge in [0.1, 0.15) is 18.2 Å². The van der Waals surface area contributed by atoms with Crippen LogP contribution in [0.25, 0.3) is 22.4 Å². The Bertz CT molecular complexity index is 995. The Labute approximate surface area is 155 Å². The molecule has 4 rings (SSSR count). The number of hydrogen-bond donors (Lipinski definition) is 0. The summed E-state index contributed by atoms with van der Waals surface area (Å²) in [5, 5.41) is 0. The van der Waals surface area contributed by atoms with Gasteiger partial charge in [0.05, 0.1) is 17.6 Å². The fourth-order valence-corrected chi connectivity index (χ4v) is 3.32. The molecule has 0 N–H and O–H groups in total. The van der Waals surface area contributed by atoms with Crippen molar-refractivity contribution in [2.24, 2.45) is 0 Å². The summed E-state index contributed by atoms with van der Waals surface area (Å²) in [6.45, 7) is 1.32. The highest BCUT2D eigenvalue weighted by Gasteiger charge is 2.12. The van der Waals surface area contributed by atoms with Gasteiger partial charge in [0, 0.05) is 10.0 Å². The summed E-state index contributed by atoms with van der Waals surface area (Å²) in [6, 6.07) is 26.3. The van der Waals surface area contributed by atoms with Gasteiger partial charge in [-0.2, -0.15) is 0 Å². The second kappa shape index (κ2) is 7.11. The molecule has 25 heavy (non-hydrogen) atoms. The number of imidazole rings is 1. The van der Waals surface area contributed by atoms with Gasteiger partial charge < -0.3 is 9.30 Å². The number of benzene rings is 3. The molecule has 0 fully saturated rings. The summed E-state index contributed by atoms with van der Waals surface area (Å²) in [5.74, 6) is 1.84. The van der Waals surface area contributed by atoms with E-state index in [2.05, 4.69) is 38.7 Å². The molecule has 0 aliphatic carbocycles. The maximum absolute atomic E-state index is 5.88. The van der Waals surface area contributed by atoms with Crippen molar-refractivity contribution in [3.05, 3.63) is 83.3 Å². The van der Waals surface area contributed by atoms with Gasteiger partial charge in [-0.15, -0.1) is 0 Å². The predicted octanol–water partition coefficient (Wildman–Crippen LogP) is 5.54. The fraction of sp³-hybridized carbons (Fsp3) is 0.0952. The van der Waals surface area contributed by atoms with Crippen LogP contribution < -0.4 is 4.74 Å². The number of fused-ring (bicyclic) bond motifs is 1. The summed E-state index contributed by atoms with van der Waals surface area (Å²) in [5.41, 5.74) is 3.21. The van der Waals surface area contributed by atoms with Crippen LogP contribution in [-0.4, -0.2) is 16.2 Å². The van der Waals surface area contributed by atoms with Crippen LogP contribution in [0.3, 0.4) is 0 Å². The minimum Gasteiger partial charge on any atom is -0.492 e. The highest BCUT2D eigenvalue weighted by atomic mass is 79.9. The second-order valence-corrected chi connectivity index (χ2v) is 6.66. The van der Waals surface area contributed by atoms with E-state index in [4.69, 9.17) is 9.72 Å². The molecule has 0 unspecified atom stereocenters. The smallest absolute Gasteiger partial charge is 0.141 e. The second-order valence-electron chi connectivity index (χ2n) is 5.75. The average molecular weight is 393 g/mol. The maximum Gasteiger partial charge on any atom is 0.141 e. The maximum atomic E-state index is 5.88. The SMILES string of the molecule is Brc1cccc(-c2nc3ccccc3n2CCOc2ccccc2)c1. The number of para-hydroxylation sites is 3. The Kier molecular flexibility index (Phi) is 4.53. The van der Waals surface area contributed by atoms with Crippen molar-refractivity contribution < 1.29 is 4.74 Å². The normalized spacial score (nSPS) is 10.9. The number of halogens is 1.